The molecule has 0 aliphatic heterocycles. The van der Waals surface area contributed by atoms with Crippen molar-refractivity contribution in [3.63, 3.8) is 0 Å². The highest BCUT2D eigenvalue weighted by molar-refractivity contribution is 5.65. The smallest absolute Gasteiger partial charge is 0.0181 e. The predicted octanol–water partition coefficient (Wildman–Crippen LogP) is 5.27. The third-order valence-electron chi connectivity index (χ3n) is 3.36. The third kappa shape index (κ3) is 3.22. The average molecular weight is 237 g/mol. The molecule has 2 aromatic carbocycles. The fourth-order valence-electron chi connectivity index (χ4n) is 2.23. The fraction of sp³-hybridized carbons (Fsp3) is 0.278. The summed E-state index contributed by atoms with van der Waals surface area (Å²) in [6, 6.07) is 17.2. The Bertz CT molecular complexity index is 483. The molecule has 1 radical (unpaired) electrons. The minimum Gasteiger partial charge on any atom is -0.0654 e. The van der Waals surface area contributed by atoms with Crippen molar-refractivity contribution < 1.29 is 0 Å². The van der Waals surface area contributed by atoms with Crippen molar-refractivity contribution in [2.75, 3.05) is 0 Å². The van der Waals surface area contributed by atoms with E-state index < -0.39 is 0 Å². The Morgan fingerprint density at radius 1 is 0.889 bits per heavy atom. The second kappa shape index (κ2) is 6.39. The summed E-state index contributed by atoms with van der Waals surface area (Å²) < 4.78 is 0. The Morgan fingerprint density at radius 3 is 2.39 bits per heavy atom. The van der Waals surface area contributed by atoms with Crippen LogP contribution in [0.3, 0.4) is 0 Å². The van der Waals surface area contributed by atoms with E-state index in [-0.39, 0.29) is 0 Å². The molecule has 93 valence electrons. The van der Waals surface area contributed by atoms with Crippen LogP contribution in [0.15, 0.2) is 48.5 Å². The largest absolute Gasteiger partial charge is 0.0654 e. The summed E-state index contributed by atoms with van der Waals surface area (Å²) in [7, 11) is 0. The van der Waals surface area contributed by atoms with E-state index >= 15 is 0 Å². The molecule has 0 heterocycles. The van der Waals surface area contributed by atoms with Crippen LogP contribution in [0.5, 0.6) is 0 Å². The first kappa shape index (κ1) is 12.9. The van der Waals surface area contributed by atoms with Crippen molar-refractivity contribution in [2.45, 2.75) is 32.6 Å². The van der Waals surface area contributed by atoms with Crippen molar-refractivity contribution in [3.8, 4) is 11.1 Å². The number of benzene rings is 2. The number of unbranched alkanes of at least 4 members (excludes halogenated alkanes) is 2. The molecule has 0 nitrogen and oxygen atoms in total. The van der Waals surface area contributed by atoms with Crippen LogP contribution in [0.2, 0.25) is 0 Å². The van der Waals surface area contributed by atoms with Crippen LogP contribution in [-0.4, -0.2) is 0 Å². The van der Waals surface area contributed by atoms with Gasteiger partial charge in [0.25, 0.3) is 0 Å². The van der Waals surface area contributed by atoms with Crippen LogP contribution in [0, 0.1) is 6.92 Å². The van der Waals surface area contributed by atoms with E-state index in [1.54, 1.807) is 0 Å². The Morgan fingerprint density at radius 2 is 1.67 bits per heavy atom. The summed E-state index contributed by atoms with van der Waals surface area (Å²) in [5.41, 5.74) is 5.15. The molecule has 0 fully saturated rings. The number of hydrogen-bond acceptors (Lipinski definition) is 0. The maximum absolute atomic E-state index is 4.13. The van der Waals surface area contributed by atoms with Crippen LogP contribution in [0.4, 0.5) is 0 Å². The zero-order valence-corrected chi connectivity index (χ0v) is 11.2. The molecule has 0 aliphatic carbocycles. The van der Waals surface area contributed by atoms with Gasteiger partial charge in [0.2, 0.25) is 0 Å². The van der Waals surface area contributed by atoms with Gasteiger partial charge in [-0.2, -0.15) is 0 Å². The van der Waals surface area contributed by atoms with Gasteiger partial charge in [-0.1, -0.05) is 68.3 Å². The molecule has 0 amide bonds. The molecule has 0 heteroatoms. The highest BCUT2D eigenvalue weighted by Gasteiger charge is 2.02. The highest BCUT2D eigenvalue weighted by atomic mass is 14.1. The third-order valence-corrected chi connectivity index (χ3v) is 3.36. The first-order chi connectivity index (χ1) is 8.81. The molecule has 0 spiro atoms. The van der Waals surface area contributed by atoms with Crippen LogP contribution < -0.4 is 0 Å². The molecule has 0 saturated carbocycles. The average Bonchev–Trinajstić information content (AvgIpc) is 2.42. The van der Waals surface area contributed by atoms with Gasteiger partial charge < -0.3 is 0 Å². The molecule has 0 saturated heterocycles. The normalized spacial score (nSPS) is 10.6. The monoisotopic (exact) mass is 237 g/mol. The van der Waals surface area contributed by atoms with Gasteiger partial charge in [-0.15, -0.1) is 0 Å². The van der Waals surface area contributed by atoms with Crippen molar-refractivity contribution >= 4 is 0 Å². The van der Waals surface area contributed by atoms with Crippen molar-refractivity contribution in [2.24, 2.45) is 0 Å². The zero-order valence-electron chi connectivity index (χ0n) is 11.2. The molecule has 0 bridgehead atoms. The molecule has 18 heavy (non-hydrogen) atoms. The van der Waals surface area contributed by atoms with Crippen molar-refractivity contribution in [3.05, 3.63) is 66.6 Å². The molecule has 0 aromatic heterocycles. The molecule has 0 N–H and O–H groups in total. The second-order valence-corrected chi connectivity index (χ2v) is 4.81. The number of aryl methyl sites for hydroxylation is 1. The van der Waals surface area contributed by atoms with Gasteiger partial charge in [-0.3, -0.25) is 0 Å². The molecule has 0 aliphatic rings. The summed E-state index contributed by atoms with van der Waals surface area (Å²) in [6.07, 6.45) is 4.98. The van der Waals surface area contributed by atoms with Gasteiger partial charge >= 0.3 is 0 Å². The molecule has 0 unspecified atom stereocenters. The first-order valence-corrected chi connectivity index (χ1v) is 6.81. The Kier molecular flexibility index (Phi) is 4.58. The molecule has 2 rings (SSSR count). The van der Waals surface area contributed by atoms with Crippen LogP contribution >= 0.6 is 0 Å². The lowest BCUT2D eigenvalue weighted by atomic mass is 9.96. The summed E-state index contributed by atoms with van der Waals surface area (Å²) >= 11 is 0. The quantitative estimate of drug-likeness (QED) is 0.621. The van der Waals surface area contributed by atoms with Crippen LogP contribution in [0.25, 0.3) is 11.1 Å². The van der Waals surface area contributed by atoms with E-state index in [4.69, 9.17) is 0 Å². The minimum absolute atomic E-state index is 1.15. The van der Waals surface area contributed by atoms with Gasteiger partial charge in [-0.05, 0) is 42.0 Å². The molecular weight excluding hydrogens is 216 g/mol. The molecule has 2 aromatic rings. The summed E-state index contributed by atoms with van der Waals surface area (Å²) in [6.45, 7) is 6.38. The summed E-state index contributed by atoms with van der Waals surface area (Å²) in [5.74, 6) is 0. The van der Waals surface area contributed by atoms with Gasteiger partial charge in [0.05, 0.1) is 0 Å². The van der Waals surface area contributed by atoms with E-state index in [1.165, 1.54) is 41.5 Å². The maximum atomic E-state index is 4.13. The lowest BCUT2D eigenvalue weighted by molar-refractivity contribution is 0.716. The molecule has 0 atom stereocenters. The van der Waals surface area contributed by atoms with E-state index in [2.05, 4.69) is 62.4 Å². The van der Waals surface area contributed by atoms with E-state index in [1.807, 2.05) is 0 Å². The Balaban J connectivity index is 2.21. The van der Waals surface area contributed by atoms with Crippen molar-refractivity contribution in [1.82, 2.24) is 0 Å². The Hall–Kier alpha value is -1.56. The van der Waals surface area contributed by atoms with Crippen molar-refractivity contribution in [1.29, 1.82) is 0 Å². The minimum atomic E-state index is 1.15. The van der Waals surface area contributed by atoms with E-state index in [0.29, 0.717) is 0 Å². The number of hydrogen-bond donors (Lipinski definition) is 0. The standard InChI is InChI=1S/C18H21/c1-3-4-6-11-17-14-18(13-12-15(17)2)16-9-7-5-8-10-16/h5,7-10,12-14H,2-4,6,11H2,1H3. The first-order valence-electron chi connectivity index (χ1n) is 6.81. The SMILES string of the molecule is [CH2]c1ccc(-c2ccccc2)cc1CCCCC. The summed E-state index contributed by atoms with van der Waals surface area (Å²) in [4.78, 5) is 0. The van der Waals surface area contributed by atoms with E-state index in [0.717, 1.165) is 6.42 Å². The van der Waals surface area contributed by atoms with Crippen LogP contribution in [0.1, 0.15) is 37.3 Å². The van der Waals surface area contributed by atoms with E-state index in [9.17, 15) is 0 Å². The van der Waals surface area contributed by atoms with Crippen LogP contribution in [-0.2, 0) is 6.42 Å². The fourth-order valence-corrected chi connectivity index (χ4v) is 2.23. The van der Waals surface area contributed by atoms with Gasteiger partial charge in [0.1, 0.15) is 0 Å². The topological polar surface area (TPSA) is 0 Å². The lowest BCUT2D eigenvalue weighted by Gasteiger charge is -2.09. The second-order valence-electron chi connectivity index (χ2n) is 4.81. The van der Waals surface area contributed by atoms with Gasteiger partial charge in [0.15, 0.2) is 0 Å². The van der Waals surface area contributed by atoms with Gasteiger partial charge in [-0.25, -0.2) is 0 Å². The predicted molar refractivity (Wildman–Crippen MR) is 79.6 cm³/mol. The zero-order chi connectivity index (χ0) is 12.8. The summed E-state index contributed by atoms with van der Waals surface area (Å²) in [5, 5.41) is 0. The molecular formula is C18H21. The maximum Gasteiger partial charge on any atom is -0.0181 e. The lowest BCUT2D eigenvalue weighted by Crippen LogP contribution is -1.91. The number of rotatable bonds is 5. The Labute approximate surface area is 111 Å². The van der Waals surface area contributed by atoms with Gasteiger partial charge in [0, 0.05) is 0 Å². The highest BCUT2D eigenvalue weighted by Crippen LogP contribution is 2.23.